The zero-order valence-electron chi connectivity index (χ0n) is 24.3. The van der Waals surface area contributed by atoms with E-state index in [0.717, 1.165) is 24.3 Å². The standard InChI is InChI=1S/C21H20NO2.3C6H5.Sn/c1-14-12-19-20(18(14)13-15-6-4-3-5-7-15)22(21(19)23)16-8-10-17(24-2)11-9-16;3*1-2-4-6-5-3-1;/h1,3-11,18-20H,12-13H2,2H3;3*1-5H;/t18-,19-,20+;;;;/m0..../s1. The summed E-state index contributed by atoms with van der Waals surface area (Å²) in [6, 6.07) is 52.3. The summed E-state index contributed by atoms with van der Waals surface area (Å²) in [5, 5.41) is 0. The fraction of sp³-hybridized carbons (Fsp3) is 0.154. The molecule has 43 heavy (non-hydrogen) atoms. The molecule has 1 saturated carbocycles. The number of hydrogen-bond acceptors (Lipinski definition) is 2. The SMILES string of the molecule is COc1ccc(N2C(=O)[C@H]3C/C(=[CH]\[Sn]([c]4ccccc4)([c]4ccccc4)[c]4ccccc4)[C@H](Cc4ccccc4)[C@H]32)cc1. The maximum absolute atomic E-state index is 13.8. The first kappa shape index (κ1) is 27.7. The average molecular weight is 668 g/mol. The molecule has 5 aromatic carbocycles. The van der Waals surface area contributed by atoms with Gasteiger partial charge in [-0.2, -0.15) is 0 Å². The Bertz CT molecular complexity index is 1620. The van der Waals surface area contributed by atoms with E-state index in [0.29, 0.717) is 0 Å². The third-order valence-corrected chi connectivity index (χ3v) is 22.3. The molecule has 0 spiro atoms. The molecule has 1 aliphatic heterocycles. The zero-order valence-corrected chi connectivity index (χ0v) is 27.2. The Balaban J connectivity index is 1.41. The molecule has 1 saturated heterocycles. The Morgan fingerprint density at radius 3 is 1.67 bits per heavy atom. The number of nitrogens with zero attached hydrogens (tertiary/aromatic N) is 1. The van der Waals surface area contributed by atoms with Gasteiger partial charge >= 0.3 is 260 Å². The Labute approximate surface area is 258 Å². The molecule has 0 radical (unpaired) electrons. The molecule has 0 unspecified atom stereocenters. The maximum atomic E-state index is 13.8. The fourth-order valence-electron chi connectivity index (χ4n) is 7.32. The van der Waals surface area contributed by atoms with Gasteiger partial charge < -0.3 is 0 Å². The van der Waals surface area contributed by atoms with Crippen molar-refractivity contribution >= 4 is 40.7 Å². The molecule has 4 heteroatoms. The molecule has 7 rings (SSSR count). The van der Waals surface area contributed by atoms with Crippen LogP contribution in [0.2, 0.25) is 0 Å². The van der Waals surface area contributed by atoms with Gasteiger partial charge in [0, 0.05) is 0 Å². The molecule has 0 N–H and O–H groups in total. The second kappa shape index (κ2) is 11.9. The summed E-state index contributed by atoms with van der Waals surface area (Å²) in [4.78, 5) is 15.9. The monoisotopic (exact) mass is 669 g/mol. The van der Waals surface area contributed by atoms with Crippen LogP contribution >= 0.6 is 0 Å². The van der Waals surface area contributed by atoms with Crippen LogP contribution in [0.15, 0.2) is 155 Å². The molecule has 212 valence electrons. The number of fused-ring (bicyclic) bond motifs is 1. The number of hydrogen-bond donors (Lipinski definition) is 0. The van der Waals surface area contributed by atoms with E-state index in [9.17, 15) is 4.79 Å². The van der Waals surface area contributed by atoms with Crippen molar-refractivity contribution in [3.63, 3.8) is 0 Å². The second-order valence-corrected chi connectivity index (χ2v) is 22.0. The number of methoxy groups -OCH3 is 1. The number of carbonyl (C=O) groups excluding carboxylic acids is 1. The van der Waals surface area contributed by atoms with E-state index < -0.39 is 18.4 Å². The quantitative estimate of drug-likeness (QED) is 0.152. The van der Waals surface area contributed by atoms with E-state index >= 15 is 0 Å². The van der Waals surface area contributed by atoms with Crippen LogP contribution in [0.1, 0.15) is 12.0 Å². The van der Waals surface area contributed by atoms with E-state index in [4.69, 9.17) is 4.74 Å². The van der Waals surface area contributed by atoms with Crippen LogP contribution in [0.5, 0.6) is 5.75 Å². The van der Waals surface area contributed by atoms with Crippen LogP contribution in [0, 0.1) is 11.8 Å². The van der Waals surface area contributed by atoms with Crippen LogP contribution in [-0.4, -0.2) is 37.4 Å². The molecule has 1 heterocycles. The number of β-lactam (4-membered cyclic amide) rings is 1. The van der Waals surface area contributed by atoms with Gasteiger partial charge in [-0.15, -0.1) is 0 Å². The molecular weight excluding hydrogens is 633 g/mol. The van der Waals surface area contributed by atoms with Gasteiger partial charge in [0.05, 0.1) is 0 Å². The number of rotatable bonds is 8. The van der Waals surface area contributed by atoms with Gasteiger partial charge in [0.15, 0.2) is 0 Å². The Kier molecular flexibility index (Phi) is 7.66. The number of carbonyl (C=O) groups is 1. The van der Waals surface area contributed by atoms with Crippen LogP contribution in [0.3, 0.4) is 0 Å². The first-order chi connectivity index (χ1) is 21.2. The van der Waals surface area contributed by atoms with Crippen LogP contribution in [0.25, 0.3) is 0 Å². The summed E-state index contributed by atoms with van der Waals surface area (Å²) in [6.07, 6.45) is 1.73. The molecular formula is C39H35NO2Sn. The zero-order chi connectivity index (χ0) is 29.2. The van der Waals surface area contributed by atoms with Gasteiger partial charge in [-0.1, -0.05) is 0 Å². The van der Waals surface area contributed by atoms with Crippen molar-refractivity contribution in [2.24, 2.45) is 11.8 Å². The van der Waals surface area contributed by atoms with Crippen molar-refractivity contribution in [3.05, 3.63) is 161 Å². The van der Waals surface area contributed by atoms with Crippen molar-refractivity contribution in [1.29, 1.82) is 0 Å². The van der Waals surface area contributed by atoms with Gasteiger partial charge in [0.2, 0.25) is 0 Å². The first-order valence-electron chi connectivity index (χ1n) is 15.1. The topological polar surface area (TPSA) is 29.5 Å². The predicted octanol–water partition coefficient (Wildman–Crippen LogP) is 5.93. The van der Waals surface area contributed by atoms with Gasteiger partial charge in [-0.05, 0) is 0 Å². The van der Waals surface area contributed by atoms with Gasteiger partial charge in [0.1, 0.15) is 0 Å². The van der Waals surface area contributed by atoms with Crippen LogP contribution in [0.4, 0.5) is 5.69 Å². The molecule has 2 fully saturated rings. The van der Waals surface area contributed by atoms with Crippen LogP contribution in [-0.2, 0) is 11.2 Å². The summed E-state index contributed by atoms with van der Waals surface area (Å²) in [5.74, 6) is 1.28. The van der Waals surface area contributed by atoms with E-state index in [2.05, 4.69) is 130 Å². The molecule has 1 amide bonds. The summed E-state index contributed by atoms with van der Waals surface area (Å²) in [5.41, 5.74) is 3.71. The Morgan fingerprint density at radius 1 is 0.698 bits per heavy atom. The average Bonchev–Trinajstić information content (AvgIpc) is 3.38. The number of ether oxygens (including phenoxy) is 1. The first-order valence-corrected chi connectivity index (χ1v) is 21.0. The minimum absolute atomic E-state index is 0.00775. The summed E-state index contributed by atoms with van der Waals surface area (Å²) in [7, 11) is 1.67. The van der Waals surface area contributed by atoms with Gasteiger partial charge in [0.25, 0.3) is 0 Å². The molecule has 3 atom stereocenters. The predicted molar refractivity (Wildman–Crippen MR) is 178 cm³/mol. The van der Waals surface area contributed by atoms with E-state index in [1.807, 2.05) is 24.3 Å². The number of benzene rings is 5. The fourth-order valence-corrected chi connectivity index (χ4v) is 20.3. The number of amides is 1. The van der Waals surface area contributed by atoms with Crippen molar-refractivity contribution in [1.82, 2.24) is 0 Å². The summed E-state index contributed by atoms with van der Waals surface area (Å²) < 4.78 is 12.4. The molecule has 3 nitrogen and oxygen atoms in total. The molecule has 1 aliphatic carbocycles. The second-order valence-electron chi connectivity index (χ2n) is 11.6. The van der Waals surface area contributed by atoms with Crippen molar-refractivity contribution < 1.29 is 9.53 Å². The summed E-state index contributed by atoms with van der Waals surface area (Å²) in [6.45, 7) is 0. The van der Waals surface area contributed by atoms with E-state index in [1.165, 1.54) is 21.9 Å². The third-order valence-electron chi connectivity index (χ3n) is 9.35. The van der Waals surface area contributed by atoms with E-state index in [-0.39, 0.29) is 23.8 Å². The van der Waals surface area contributed by atoms with Gasteiger partial charge in [-0.3, -0.25) is 0 Å². The minimum atomic E-state index is -3.71. The normalized spacial score (nSPS) is 20.5. The van der Waals surface area contributed by atoms with Crippen molar-refractivity contribution in [2.75, 3.05) is 12.0 Å². The summed E-state index contributed by atoms with van der Waals surface area (Å²) >= 11 is -3.71. The molecule has 5 aromatic rings. The Hall–Kier alpha value is -4.09. The molecule has 2 aliphatic rings. The van der Waals surface area contributed by atoms with Crippen molar-refractivity contribution in [2.45, 2.75) is 18.9 Å². The van der Waals surface area contributed by atoms with Crippen LogP contribution < -0.4 is 20.4 Å². The Morgan fingerprint density at radius 2 is 1.19 bits per heavy atom. The van der Waals surface area contributed by atoms with E-state index in [1.54, 1.807) is 7.11 Å². The molecule has 0 aromatic heterocycles. The van der Waals surface area contributed by atoms with Gasteiger partial charge in [-0.25, -0.2) is 0 Å². The molecule has 0 bridgehead atoms. The third kappa shape index (κ3) is 5.00. The van der Waals surface area contributed by atoms with Crippen molar-refractivity contribution in [3.8, 4) is 5.75 Å². The number of anilines is 1.